The molecule has 0 aromatic rings. The molecule has 0 spiro atoms. The molecule has 1 N–H and O–H groups in total. The molecule has 0 amide bonds. The second-order valence-electron chi connectivity index (χ2n) is 3.17. The molecule has 70 valence electrons. The lowest BCUT2D eigenvalue weighted by molar-refractivity contribution is 0.492. The summed E-state index contributed by atoms with van der Waals surface area (Å²) in [6.45, 7) is 5.52. The van der Waals surface area contributed by atoms with Gasteiger partial charge in [-0.2, -0.15) is 0 Å². The van der Waals surface area contributed by atoms with Gasteiger partial charge in [-0.1, -0.05) is 26.7 Å². The van der Waals surface area contributed by atoms with Crippen LogP contribution in [-0.2, 0) is 0 Å². The first kappa shape index (κ1) is 11.5. The molecule has 0 heterocycles. The minimum atomic E-state index is 0.534. The van der Waals surface area contributed by atoms with Crippen LogP contribution in [0.2, 0.25) is 0 Å². The van der Waals surface area contributed by atoms with Gasteiger partial charge in [0.25, 0.3) is 0 Å². The van der Waals surface area contributed by atoms with Crippen LogP contribution in [0.3, 0.4) is 0 Å². The zero-order valence-corrected chi connectivity index (χ0v) is 8.40. The highest BCUT2D eigenvalue weighted by Crippen LogP contribution is 1.97. The number of nitrogens with one attached hydrogen (secondary N) is 1. The third-order valence-corrected chi connectivity index (χ3v) is 2.07. The third kappa shape index (κ3) is 6.24. The highest BCUT2D eigenvalue weighted by atomic mass is 14.9. The van der Waals surface area contributed by atoms with Crippen LogP contribution in [0.5, 0.6) is 0 Å². The normalized spacial score (nSPS) is 12.4. The van der Waals surface area contributed by atoms with E-state index in [1.165, 1.54) is 19.3 Å². The summed E-state index contributed by atoms with van der Waals surface area (Å²) >= 11 is 0. The summed E-state index contributed by atoms with van der Waals surface area (Å²) in [4.78, 5) is 0. The molecule has 1 unspecified atom stereocenters. The standard InChI is InChI=1S/C11H21N/c1-4-7-8-10-12-11(6-3)9-5-2/h2,11-12H,4,6-10H2,1,3H3. The van der Waals surface area contributed by atoms with E-state index in [2.05, 4.69) is 25.1 Å². The van der Waals surface area contributed by atoms with Crippen LogP contribution in [-0.4, -0.2) is 12.6 Å². The van der Waals surface area contributed by atoms with Gasteiger partial charge in [0, 0.05) is 12.5 Å². The smallest absolute Gasteiger partial charge is 0.0240 e. The number of hydrogen-bond acceptors (Lipinski definition) is 1. The molecular formula is C11H21N. The second-order valence-corrected chi connectivity index (χ2v) is 3.17. The Labute approximate surface area is 76.9 Å². The Kier molecular flexibility index (Phi) is 8.27. The van der Waals surface area contributed by atoms with E-state index in [1.54, 1.807) is 0 Å². The summed E-state index contributed by atoms with van der Waals surface area (Å²) in [7, 11) is 0. The Hall–Kier alpha value is -0.480. The van der Waals surface area contributed by atoms with Gasteiger partial charge in [-0.3, -0.25) is 0 Å². The van der Waals surface area contributed by atoms with E-state index in [9.17, 15) is 0 Å². The van der Waals surface area contributed by atoms with Crippen molar-refractivity contribution in [3.8, 4) is 12.3 Å². The molecule has 0 radical (unpaired) electrons. The van der Waals surface area contributed by atoms with Crippen molar-refractivity contribution in [1.29, 1.82) is 0 Å². The minimum Gasteiger partial charge on any atom is -0.313 e. The largest absolute Gasteiger partial charge is 0.313 e. The first-order valence-electron chi connectivity index (χ1n) is 5.02. The molecule has 0 aliphatic heterocycles. The van der Waals surface area contributed by atoms with Gasteiger partial charge in [-0.15, -0.1) is 12.3 Å². The molecule has 12 heavy (non-hydrogen) atoms. The number of unbranched alkanes of at least 4 members (excludes halogenated alkanes) is 2. The molecule has 0 aromatic heterocycles. The van der Waals surface area contributed by atoms with Crippen molar-refractivity contribution >= 4 is 0 Å². The van der Waals surface area contributed by atoms with Crippen molar-refractivity contribution in [3.05, 3.63) is 0 Å². The minimum absolute atomic E-state index is 0.534. The Morgan fingerprint density at radius 3 is 2.58 bits per heavy atom. The fourth-order valence-electron chi connectivity index (χ4n) is 1.18. The number of rotatable bonds is 7. The van der Waals surface area contributed by atoms with Gasteiger partial charge < -0.3 is 5.32 Å². The molecule has 1 nitrogen and oxygen atoms in total. The molecule has 0 aliphatic carbocycles. The maximum atomic E-state index is 5.25. The number of hydrogen-bond donors (Lipinski definition) is 1. The Morgan fingerprint density at radius 1 is 1.33 bits per heavy atom. The first-order chi connectivity index (χ1) is 5.85. The zero-order chi connectivity index (χ0) is 9.23. The lowest BCUT2D eigenvalue weighted by Gasteiger charge is -2.13. The van der Waals surface area contributed by atoms with Crippen LogP contribution in [0.4, 0.5) is 0 Å². The Bertz CT molecular complexity index is 123. The van der Waals surface area contributed by atoms with Crippen LogP contribution in [0.15, 0.2) is 0 Å². The highest BCUT2D eigenvalue weighted by molar-refractivity contribution is 4.89. The quantitative estimate of drug-likeness (QED) is 0.454. The Morgan fingerprint density at radius 2 is 2.08 bits per heavy atom. The van der Waals surface area contributed by atoms with Crippen LogP contribution in [0, 0.1) is 12.3 Å². The molecule has 1 heteroatoms. The van der Waals surface area contributed by atoms with E-state index in [0.717, 1.165) is 19.4 Å². The molecule has 0 rings (SSSR count). The maximum absolute atomic E-state index is 5.25. The van der Waals surface area contributed by atoms with Crippen LogP contribution < -0.4 is 5.32 Å². The van der Waals surface area contributed by atoms with E-state index in [0.29, 0.717) is 6.04 Å². The van der Waals surface area contributed by atoms with Crippen molar-refractivity contribution in [2.45, 2.75) is 52.0 Å². The van der Waals surface area contributed by atoms with E-state index in [1.807, 2.05) is 0 Å². The Balaban J connectivity index is 3.26. The summed E-state index contributed by atoms with van der Waals surface area (Å²) in [6, 6.07) is 0.534. The SMILES string of the molecule is C#CCC(CC)NCCCCC. The molecule has 0 bridgehead atoms. The summed E-state index contributed by atoms with van der Waals surface area (Å²) in [5.41, 5.74) is 0. The summed E-state index contributed by atoms with van der Waals surface area (Å²) < 4.78 is 0. The summed E-state index contributed by atoms with van der Waals surface area (Å²) in [6.07, 6.45) is 11.1. The molecule has 0 fully saturated rings. The van der Waals surface area contributed by atoms with Gasteiger partial charge in [-0.25, -0.2) is 0 Å². The lowest BCUT2D eigenvalue weighted by Crippen LogP contribution is -2.28. The molecule has 1 atom stereocenters. The van der Waals surface area contributed by atoms with Crippen LogP contribution in [0.1, 0.15) is 46.0 Å². The van der Waals surface area contributed by atoms with E-state index < -0.39 is 0 Å². The van der Waals surface area contributed by atoms with Crippen LogP contribution in [0.25, 0.3) is 0 Å². The van der Waals surface area contributed by atoms with Crippen molar-refractivity contribution in [2.75, 3.05) is 6.54 Å². The molecule has 0 saturated carbocycles. The maximum Gasteiger partial charge on any atom is 0.0240 e. The molecular weight excluding hydrogens is 146 g/mol. The fraction of sp³-hybridized carbons (Fsp3) is 0.818. The van der Waals surface area contributed by atoms with Crippen molar-refractivity contribution in [2.24, 2.45) is 0 Å². The molecule has 0 aliphatic rings. The second kappa shape index (κ2) is 8.62. The zero-order valence-electron chi connectivity index (χ0n) is 8.40. The number of terminal acetylenes is 1. The average molecular weight is 167 g/mol. The monoisotopic (exact) mass is 167 g/mol. The van der Waals surface area contributed by atoms with E-state index >= 15 is 0 Å². The average Bonchev–Trinajstić information content (AvgIpc) is 2.10. The first-order valence-corrected chi connectivity index (χ1v) is 5.02. The van der Waals surface area contributed by atoms with Gasteiger partial charge in [0.05, 0.1) is 0 Å². The van der Waals surface area contributed by atoms with Crippen molar-refractivity contribution in [3.63, 3.8) is 0 Å². The van der Waals surface area contributed by atoms with Crippen molar-refractivity contribution in [1.82, 2.24) is 5.32 Å². The van der Waals surface area contributed by atoms with Gasteiger partial charge in [-0.05, 0) is 19.4 Å². The van der Waals surface area contributed by atoms with Crippen LogP contribution >= 0.6 is 0 Å². The summed E-state index contributed by atoms with van der Waals surface area (Å²) in [5.74, 6) is 2.70. The third-order valence-electron chi connectivity index (χ3n) is 2.07. The van der Waals surface area contributed by atoms with Gasteiger partial charge in [0.2, 0.25) is 0 Å². The van der Waals surface area contributed by atoms with Gasteiger partial charge in [0.1, 0.15) is 0 Å². The predicted octanol–water partition coefficient (Wildman–Crippen LogP) is 2.57. The van der Waals surface area contributed by atoms with Crippen molar-refractivity contribution < 1.29 is 0 Å². The lowest BCUT2D eigenvalue weighted by atomic mass is 10.1. The summed E-state index contributed by atoms with van der Waals surface area (Å²) in [5, 5.41) is 3.46. The van der Waals surface area contributed by atoms with E-state index in [4.69, 9.17) is 6.42 Å². The predicted molar refractivity (Wildman–Crippen MR) is 55.1 cm³/mol. The topological polar surface area (TPSA) is 12.0 Å². The molecule has 0 saturated heterocycles. The fourth-order valence-corrected chi connectivity index (χ4v) is 1.18. The molecule has 0 aromatic carbocycles. The van der Waals surface area contributed by atoms with Gasteiger partial charge >= 0.3 is 0 Å². The van der Waals surface area contributed by atoms with E-state index in [-0.39, 0.29) is 0 Å². The highest BCUT2D eigenvalue weighted by Gasteiger charge is 2.01. The van der Waals surface area contributed by atoms with Gasteiger partial charge in [0.15, 0.2) is 0 Å².